The third-order valence-corrected chi connectivity index (χ3v) is 4.73. The van der Waals surface area contributed by atoms with Crippen LogP contribution in [0.3, 0.4) is 0 Å². The number of benzene rings is 1. The van der Waals surface area contributed by atoms with Crippen molar-refractivity contribution in [3.8, 4) is 5.75 Å². The predicted molar refractivity (Wildman–Crippen MR) is 107 cm³/mol. The van der Waals surface area contributed by atoms with Gasteiger partial charge in [-0.25, -0.2) is 9.98 Å². The van der Waals surface area contributed by atoms with Crippen LogP contribution in [0.5, 0.6) is 5.75 Å². The van der Waals surface area contributed by atoms with Gasteiger partial charge in [0, 0.05) is 24.2 Å². The average Bonchev–Trinajstić information content (AvgIpc) is 3.10. The number of aliphatic imine (C=N–C) groups is 1. The van der Waals surface area contributed by atoms with Crippen molar-refractivity contribution in [1.82, 2.24) is 15.6 Å². The lowest BCUT2D eigenvalue weighted by molar-refractivity contribution is 0.110. The molecule has 0 saturated carbocycles. The number of thiazole rings is 1. The highest BCUT2D eigenvalue weighted by Crippen LogP contribution is 2.14. The van der Waals surface area contributed by atoms with E-state index in [-0.39, 0.29) is 6.61 Å². The molecule has 0 saturated heterocycles. The Balaban J connectivity index is 1.79. The number of aliphatic hydroxyl groups is 1. The van der Waals surface area contributed by atoms with Gasteiger partial charge >= 0.3 is 0 Å². The Kier molecular flexibility index (Phi) is 8.37. The number of hydrogen-bond donors (Lipinski definition) is 3. The van der Waals surface area contributed by atoms with Gasteiger partial charge in [-0.05, 0) is 38.0 Å². The van der Waals surface area contributed by atoms with Gasteiger partial charge in [0.05, 0.1) is 6.54 Å². The Morgan fingerprint density at radius 3 is 2.88 bits per heavy atom. The maximum absolute atomic E-state index is 10.1. The number of rotatable bonds is 9. The fourth-order valence-electron chi connectivity index (χ4n) is 2.24. The first-order valence-electron chi connectivity index (χ1n) is 8.94. The van der Waals surface area contributed by atoms with Crippen LogP contribution in [0, 0.1) is 6.92 Å². The lowest BCUT2D eigenvalue weighted by Crippen LogP contribution is -2.42. The zero-order valence-corrected chi connectivity index (χ0v) is 16.5. The van der Waals surface area contributed by atoms with Crippen molar-refractivity contribution in [3.05, 3.63) is 45.9 Å². The van der Waals surface area contributed by atoms with E-state index in [1.54, 1.807) is 11.3 Å². The quantitative estimate of drug-likeness (QED) is 0.463. The van der Waals surface area contributed by atoms with Gasteiger partial charge in [0.2, 0.25) is 0 Å². The molecule has 3 N–H and O–H groups in total. The fraction of sp³-hybridized carbons (Fsp3) is 0.474. The minimum atomic E-state index is -0.633. The molecule has 1 unspecified atom stereocenters. The van der Waals surface area contributed by atoms with Gasteiger partial charge < -0.3 is 20.5 Å². The largest absolute Gasteiger partial charge is 0.491 e. The topological polar surface area (TPSA) is 78.8 Å². The first-order chi connectivity index (χ1) is 12.6. The molecule has 2 rings (SSSR count). The van der Waals surface area contributed by atoms with Gasteiger partial charge in [0.1, 0.15) is 23.5 Å². The smallest absolute Gasteiger partial charge is 0.191 e. The molecule has 0 aliphatic rings. The van der Waals surface area contributed by atoms with Crippen LogP contribution >= 0.6 is 11.3 Å². The maximum Gasteiger partial charge on any atom is 0.191 e. The summed E-state index contributed by atoms with van der Waals surface area (Å²) >= 11 is 1.68. The Hall–Kier alpha value is -2.12. The Bertz CT molecular complexity index is 702. The second kappa shape index (κ2) is 10.8. The molecule has 0 fully saturated rings. The summed E-state index contributed by atoms with van der Waals surface area (Å²) in [4.78, 5) is 10.2. The van der Waals surface area contributed by atoms with E-state index in [2.05, 4.69) is 27.5 Å². The molecule has 2 aromatic rings. The molecule has 0 aliphatic heterocycles. The molecule has 1 aromatic heterocycles. The molecule has 1 aromatic carbocycles. The fourth-order valence-corrected chi connectivity index (χ4v) is 3.03. The Morgan fingerprint density at radius 2 is 2.19 bits per heavy atom. The number of hydrogen-bond acceptors (Lipinski definition) is 5. The highest BCUT2D eigenvalue weighted by atomic mass is 32.1. The van der Waals surface area contributed by atoms with Crippen molar-refractivity contribution >= 4 is 17.3 Å². The number of aryl methyl sites for hydroxylation is 2. The van der Waals surface area contributed by atoms with Gasteiger partial charge in [-0.1, -0.05) is 19.1 Å². The summed E-state index contributed by atoms with van der Waals surface area (Å²) in [6.45, 7) is 7.99. The van der Waals surface area contributed by atoms with E-state index in [0.29, 0.717) is 19.0 Å². The van der Waals surface area contributed by atoms with Crippen molar-refractivity contribution in [3.63, 3.8) is 0 Å². The van der Waals surface area contributed by atoms with E-state index in [4.69, 9.17) is 4.74 Å². The van der Waals surface area contributed by atoms with Crippen LogP contribution in [0.2, 0.25) is 0 Å². The molecular weight excluding hydrogens is 348 g/mol. The SMILES string of the molecule is CCNC(=NCc1ncc(CC)s1)NCC(O)COc1cccc(C)c1. The summed E-state index contributed by atoms with van der Waals surface area (Å²) in [6.07, 6.45) is 2.26. The van der Waals surface area contributed by atoms with Gasteiger partial charge in [-0.15, -0.1) is 11.3 Å². The number of aromatic nitrogens is 1. The van der Waals surface area contributed by atoms with E-state index in [1.807, 2.05) is 44.3 Å². The van der Waals surface area contributed by atoms with Crippen molar-refractivity contribution < 1.29 is 9.84 Å². The number of ether oxygens (including phenoxy) is 1. The van der Waals surface area contributed by atoms with Crippen molar-refractivity contribution in [1.29, 1.82) is 0 Å². The van der Waals surface area contributed by atoms with Crippen molar-refractivity contribution in [2.75, 3.05) is 19.7 Å². The number of nitrogens with one attached hydrogen (secondary N) is 2. The van der Waals surface area contributed by atoms with Crippen LogP contribution in [0.4, 0.5) is 0 Å². The number of aliphatic hydroxyl groups excluding tert-OH is 1. The molecule has 0 aliphatic carbocycles. The summed E-state index contributed by atoms with van der Waals surface area (Å²) in [6, 6.07) is 7.78. The van der Waals surface area contributed by atoms with E-state index in [0.717, 1.165) is 29.3 Å². The van der Waals surface area contributed by atoms with Crippen molar-refractivity contribution in [2.24, 2.45) is 4.99 Å². The summed E-state index contributed by atoms with van der Waals surface area (Å²) in [5.41, 5.74) is 1.13. The highest BCUT2D eigenvalue weighted by Gasteiger charge is 2.08. The summed E-state index contributed by atoms with van der Waals surface area (Å²) < 4.78 is 5.63. The zero-order valence-electron chi connectivity index (χ0n) is 15.7. The first-order valence-corrected chi connectivity index (χ1v) is 9.75. The Morgan fingerprint density at radius 1 is 1.35 bits per heavy atom. The van der Waals surface area contributed by atoms with Gasteiger partial charge in [0.25, 0.3) is 0 Å². The van der Waals surface area contributed by atoms with Crippen molar-refractivity contribution in [2.45, 2.75) is 39.8 Å². The van der Waals surface area contributed by atoms with Crippen LogP contribution in [-0.2, 0) is 13.0 Å². The van der Waals surface area contributed by atoms with Gasteiger partial charge in [0.15, 0.2) is 5.96 Å². The molecule has 1 heterocycles. The minimum Gasteiger partial charge on any atom is -0.491 e. The molecule has 0 bridgehead atoms. The molecule has 0 amide bonds. The third kappa shape index (κ3) is 7.01. The van der Waals surface area contributed by atoms with Crippen LogP contribution < -0.4 is 15.4 Å². The van der Waals surface area contributed by atoms with Crippen LogP contribution in [-0.4, -0.2) is 41.9 Å². The molecule has 7 heteroatoms. The monoisotopic (exact) mass is 376 g/mol. The van der Waals surface area contributed by atoms with Crippen LogP contribution in [0.1, 0.15) is 29.3 Å². The Labute approximate surface area is 159 Å². The van der Waals surface area contributed by atoms with E-state index < -0.39 is 6.10 Å². The standard InChI is InChI=1S/C19H28N4O2S/c1-4-17-11-21-18(26-17)12-23-19(20-5-2)22-10-15(24)13-25-16-8-6-7-14(3)9-16/h6-9,11,15,24H,4-5,10,12-13H2,1-3H3,(H2,20,22,23). The molecule has 142 valence electrons. The van der Waals surface area contributed by atoms with Crippen LogP contribution in [0.15, 0.2) is 35.5 Å². The summed E-state index contributed by atoms with van der Waals surface area (Å²) in [5, 5.41) is 17.4. The first kappa shape index (κ1) is 20.2. The number of nitrogens with zero attached hydrogens (tertiary/aromatic N) is 2. The minimum absolute atomic E-state index is 0.224. The second-order valence-corrected chi connectivity index (χ2v) is 7.13. The molecule has 6 nitrogen and oxygen atoms in total. The van der Waals surface area contributed by atoms with Gasteiger partial charge in [-0.3, -0.25) is 0 Å². The highest BCUT2D eigenvalue weighted by molar-refractivity contribution is 7.11. The predicted octanol–water partition coefficient (Wildman–Crippen LogP) is 2.51. The maximum atomic E-state index is 10.1. The summed E-state index contributed by atoms with van der Waals surface area (Å²) in [5.74, 6) is 1.43. The molecular formula is C19H28N4O2S. The van der Waals surface area contributed by atoms with E-state index >= 15 is 0 Å². The van der Waals surface area contributed by atoms with E-state index in [9.17, 15) is 5.11 Å². The van der Waals surface area contributed by atoms with Gasteiger partial charge in [-0.2, -0.15) is 0 Å². The molecule has 0 spiro atoms. The molecule has 1 atom stereocenters. The lowest BCUT2D eigenvalue weighted by atomic mass is 10.2. The lowest BCUT2D eigenvalue weighted by Gasteiger charge is -2.16. The van der Waals surface area contributed by atoms with Crippen LogP contribution in [0.25, 0.3) is 0 Å². The zero-order chi connectivity index (χ0) is 18.8. The normalized spacial score (nSPS) is 12.7. The number of guanidine groups is 1. The average molecular weight is 377 g/mol. The summed E-state index contributed by atoms with van der Waals surface area (Å²) in [7, 11) is 0. The third-order valence-electron chi connectivity index (χ3n) is 3.60. The molecule has 0 radical (unpaired) electrons. The molecule has 26 heavy (non-hydrogen) atoms. The van der Waals surface area contributed by atoms with E-state index in [1.165, 1.54) is 4.88 Å². The second-order valence-electron chi connectivity index (χ2n) is 5.93.